The second kappa shape index (κ2) is 8.71. The molecule has 0 radical (unpaired) electrons. The number of anilines is 1. The lowest BCUT2D eigenvalue weighted by Crippen LogP contribution is -2.14. The van der Waals surface area contributed by atoms with E-state index in [0.29, 0.717) is 5.75 Å². The number of fused-ring (bicyclic) bond motifs is 1. The average molecular weight is 427 g/mol. The van der Waals surface area contributed by atoms with Crippen LogP contribution in [-0.2, 0) is 31.1 Å². The van der Waals surface area contributed by atoms with Crippen LogP contribution in [0.3, 0.4) is 0 Å². The summed E-state index contributed by atoms with van der Waals surface area (Å²) in [5.41, 5.74) is 4.73. The number of aryl methyl sites for hydroxylation is 1. The summed E-state index contributed by atoms with van der Waals surface area (Å²) >= 11 is 3.26. The predicted octanol–water partition coefficient (Wildman–Crippen LogP) is 4.96. The second-order valence-electron chi connectivity index (χ2n) is 7.65. The summed E-state index contributed by atoms with van der Waals surface area (Å²) in [5.74, 6) is 1.93. The molecular weight excluding hydrogens is 400 g/mol. The van der Waals surface area contributed by atoms with Crippen molar-refractivity contribution in [2.24, 2.45) is 13.0 Å². The summed E-state index contributed by atoms with van der Waals surface area (Å²) in [7, 11) is 1.98. The number of amides is 1. The summed E-state index contributed by atoms with van der Waals surface area (Å²) in [6.07, 6.45) is 4.50. The summed E-state index contributed by atoms with van der Waals surface area (Å²) in [6, 6.07) is 7.98. The fourth-order valence-corrected chi connectivity index (χ4v) is 5.64. The van der Waals surface area contributed by atoms with Crippen molar-refractivity contribution >= 4 is 34.7 Å². The number of rotatable bonds is 6. The topological polar surface area (TPSA) is 59.8 Å². The molecule has 1 N–H and O–H groups in total. The summed E-state index contributed by atoms with van der Waals surface area (Å²) in [4.78, 5) is 13.8. The van der Waals surface area contributed by atoms with Crippen LogP contribution in [0.4, 0.5) is 5.69 Å². The van der Waals surface area contributed by atoms with Gasteiger partial charge < -0.3 is 9.88 Å². The highest BCUT2D eigenvalue weighted by molar-refractivity contribution is 7.99. The van der Waals surface area contributed by atoms with E-state index in [2.05, 4.69) is 34.7 Å². The third-order valence-corrected chi connectivity index (χ3v) is 7.53. The second-order valence-corrected chi connectivity index (χ2v) is 9.56. The molecule has 2 heterocycles. The number of nitrogens with zero attached hydrogens (tertiary/aromatic N) is 3. The molecule has 7 heteroatoms. The zero-order valence-electron chi connectivity index (χ0n) is 17.1. The van der Waals surface area contributed by atoms with Gasteiger partial charge in [-0.2, -0.15) is 0 Å². The van der Waals surface area contributed by atoms with Gasteiger partial charge in [-0.3, -0.25) is 4.79 Å². The minimum absolute atomic E-state index is 0.0364. The highest BCUT2D eigenvalue weighted by Crippen LogP contribution is 2.38. The fourth-order valence-electron chi connectivity index (χ4n) is 3.69. The van der Waals surface area contributed by atoms with E-state index in [0.717, 1.165) is 35.4 Å². The molecule has 4 rings (SSSR count). The Balaban J connectivity index is 1.41. The van der Waals surface area contributed by atoms with Crippen molar-refractivity contribution in [3.05, 3.63) is 45.6 Å². The Hall–Kier alpha value is -2.12. The van der Waals surface area contributed by atoms with E-state index in [-0.39, 0.29) is 5.91 Å². The Labute approximate surface area is 179 Å². The van der Waals surface area contributed by atoms with Gasteiger partial charge in [-0.15, -0.1) is 21.5 Å². The largest absolute Gasteiger partial charge is 0.325 e. The van der Waals surface area contributed by atoms with Crippen molar-refractivity contribution in [3.8, 4) is 11.4 Å². The molecule has 0 saturated carbocycles. The lowest BCUT2D eigenvalue weighted by Gasteiger charge is -2.18. The van der Waals surface area contributed by atoms with Crippen molar-refractivity contribution in [1.82, 2.24) is 14.8 Å². The Kier molecular flexibility index (Phi) is 6.06. The van der Waals surface area contributed by atoms with Crippen LogP contribution in [0.1, 0.15) is 36.3 Å². The molecule has 5 nitrogen and oxygen atoms in total. The molecule has 0 bridgehead atoms. The molecule has 1 aliphatic rings. The first-order chi connectivity index (χ1) is 14.0. The molecule has 1 amide bonds. The first kappa shape index (κ1) is 20.2. The Bertz CT molecular complexity index is 1010. The number of nitrogens with one attached hydrogen (secondary N) is 1. The van der Waals surface area contributed by atoms with Crippen LogP contribution in [0.5, 0.6) is 0 Å². The highest BCUT2D eigenvalue weighted by atomic mass is 32.2. The third kappa shape index (κ3) is 4.41. The van der Waals surface area contributed by atoms with Crippen LogP contribution < -0.4 is 5.32 Å². The molecule has 3 aromatic rings. The number of thiophene rings is 1. The maximum atomic E-state index is 12.3. The summed E-state index contributed by atoms with van der Waals surface area (Å²) < 4.78 is 2.01. The van der Waals surface area contributed by atoms with Crippen molar-refractivity contribution in [3.63, 3.8) is 0 Å². The molecule has 1 aliphatic carbocycles. The van der Waals surface area contributed by atoms with E-state index < -0.39 is 0 Å². The van der Waals surface area contributed by atoms with Crippen LogP contribution in [-0.4, -0.2) is 26.4 Å². The van der Waals surface area contributed by atoms with E-state index in [1.54, 1.807) is 0 Å². The van der Waals surface area contributed by atoms with E-state index in [1.807, 2.05) is 47.2 Å². The van der Waals surface area contributed by atoms with Gasteiger partial charge in [0.2, 0.25) is 5.91 Å². The number of hydrogen-bond acceptors (Lipinski definition) is 5. The van der Waals surface area contributed by atoms with Gasteiger partial charge in [0.25, 0.3) is 0 Å². The molecule has 2 aromatic heterocycles. The third-order valence-electron chi connectivity index (χ3n) is 5.46. The standard InChI is InChI=1S/C22H26N4OS2/c1-4-15-6-8-16(9-7-15)23-20(27)13-29-22-25-24-21(26(22)3)18-12-28-19-11-14(2)5-10-17(18)19/h6-9,12,14H,4-5,10-11,13H2,1-3H3,(H,23,27). The van der Waals surface area contributed by atoms with E-state index in [1.165, 1.54) is 46.2 Å². The van der Waals surface area contributed by atoms with E-state index in [4.69, 9.17) is 0 Å². The zero-order chi connectivity index (χ0) is 20.4. The maximum Gasteiger partial charge on any atom is 0.234 e. The number of thioether (sulfide) groups is 1. The molecule has 1 unspecified atom stereocenters. The van der Waals surface area contributed by atoms with Gasteiger partial charge in [-0.05, 0) is 54.9 Å². The quantitative estimate of drug-likeness (QED) is 0.566. The smallest absolute Gasteiger partial charge is 0.234 e. The number of carbonyl (C=O) groups is 1. The minimum Gasteiger partial charge on any atom is -0.325 e. The van der Waals surface area contributed by atoms with Crippen molar-refractivity contribution in [2.45, 2.75) is 44.7 Å². The summed E-state index contributed by atoms with van der Waals surface area (Å²) in [5, 5.41) is 14.7. The van der Waals surface area contributed by atoms with Gasteiger partial charge in [0.05, 0.1) is 5.75 Å². The lowest BCUT2D eigenvalue weighted by atomic mass is 9.88. The van der Waals surface area contributed by atoms with Gasteiger partial charge in [0.15, 0.2) is 11.0 Å². The van der Waals surface area contributed by atoms with Crippen LogP contribution in [0, 0.1) is 5.92 Å². The van der Waals surface area contributed by atoms with Gasteiger partial charge in [0, 0.05) is 28.6 Å². The molecule has 0 fully saturated rings. The van der Waals surface area contributed by atoms with Crippen molar-refractivity contribution < 1.29 is 4.79 Å². The van der Waals surface area contributed by atoms with Crippen LogP contribution in [0.25, 0.3) is 11.4 Å². The molecule has 0 saturated heterocycles. The molecule has 152 valence electrons. The molecule has 29 heavy (non-hydrogen) atoms. The Morgan fingerprint density at radius 1 is 1.31 bits per heavy atom. The summed E-state index contributed by atoms with van der Waals surface area (Å²) in [6.45, 7) is 4.44. The fraction of sp³-hybridized carbons (Fsp3) is 0.409. The van der Waals surface area contributed by atoms with Gasteiger partial charge >= 0.3 is 0 Å². The van der Waals surface area contributed by atoms with Gasteiger partial charge in [0.1, 0.15) is 0 Å². The highest BCUT2D eigenvalue weighted by Gasteiger charge is 2.23. The van der Waals surface area contributed by atoms with E-state index in [9.17, 15) is 4.79 Å². The SMILES string of the molecule is CCc1ccc(NC(=O)CSc2nnc(-c3csc4c3CCC(C)C4)n2C)cc1. The predicted molar refractivity (Wildman–Crippen MR) is 121 cm³/mol. The average Bonchev–Trinajstić information content (AvgIpc) is 3.29. The normalized spacial score (nSPS) is 15.9. The zero-order valence-corrected chi connectivity index (χ0v) is 18.7. The monoisotopic (exact) mass is 426 g/mol. The number of carbonyl (C=O) groups excluding carboxylic acids is 1. The van der Waals surface area contributed by atoms with Gasteiger partial charge in [-0.1, -0.05) is 37.7 Å². The molecule has 1 aromatic carbocycles. The Morgan fingerprint density at radius 2 is 2.10 bits per heavy atom. The minimum atomic E-state index is -0.0364. The first-order valence-electron chi connectivity index (χ1n) is 10.1. The molecule has 0 spiro atoms. The van der Waals surface area contributed by atoms with Gasteiger partial charge in [-0.25, -0.2) is 0 Å². The lowest BCUT2D eigenvalue weighted by molar-refractivity contribution is -0.113. The number of benzene rings is 1. The molecule has 0 aliphatic heterocycles. The number of hydrogen-bond donors (Lipinski definition) is 1. The first-order valence-corrected chi connectivity index (χ1v) is 11.9. The maximum absolute atomic E-state index is 12.3. The van der Waals surface area contributed by atoms with E-state index >= 15 is 0 Å². The van der Waals surface area contributed by atoms with Crippen LogP contribution >= 0.6 is 23.1 Å². The number of aromatic nitrogens is 3. The Morgan fingerprint density at radius 3 is 2.86 bits per heavy atom. The van der Waals surface area contributed by atoms with Crippen molar-refractivity contribution in [1.29, 1.82) is 0 Å². The molecule has 1 atom stereocenters. The van der Waals surface area contributed by atoms with Crippen molar-refractivity contribution in [2.75, 3.05) is 11.1 Å². The van der Waals surface area contributed by atoms with Crippen LogP contribution in [0.2, 0.25) is 0 Å². The van der Waals surface area contributed by atoms with Crippen LogP contribution in [0.15, 0.2) is 34.8 Å². The molecular formula is C22H26N4OS2.